The van der Waals surface area contributed by atoms with Crippen LogP contribution in [-0.4, -0.2) is 25.5 Å². The number of likely N-dealkylation sites (N-methyl/N-ethyl adjacent to an activating group) is 1. The second-order valence-corrected chi connectivity index (χ2v) is 6.81. The zero-order valence-corrected chi connectivity index (χ0v) is 16.9. The van der Waals surface area contributed by atoms with Crippen LogP contribution in [0.2, 0.25) is 0 Å². The molecule has 30 heavy (non-hydrogen) atoms. The Kier molecular flexibility index (Phi) is 5.35. The molecule has 0 spiro atoms. The van der Waals surface area contributed by atoms with Crippen molar-refractivity contribution in [3.8, 4) is 5.75 Å². The first kappa shape index (κ1) is 19.5. The van der Waals surface area contributed by atoms with Crippen molar-refractivity contribution in [2.75, 3.05) is 23.5 Å². The minimum atomic E-state index is -0.333. The maximum Gasteiger partial charge on any atom is 0.282 e. The molecule has 3 aromatic carbocycles. The van der Waals surface area contributed by atoms with Crippen molar-refractivity contribution in [3.63, 3.8) is 0 Å². The number of rotatable bonds is 6. The van der Waals surface area contributed by atoms with Gasteiger partial charge in [-0.1, -0.05) is 48.5 Å². The smallest absolute Gasteiger partial charge is 0.282 e. The monoisotopic (exact) mass is 398 g/mol. The topological polar surface area (TPSA) is 49.9 Å². The van der Waals surface area contributed by atoms with Crippen LogP contribution < -0.4 is 14.5 Å². The highest BCUT2D eigenvalue weighted by Gasteiger charge is 2.42. The Morgan fingerprint density at radius 3 is 1.97 bits per heavy atom. The Labute approximate surface area is 175 Å². The molecule has 2 amide bonds. The van der Waals surface area contributed by atoms with Gasteiger partial charge in [0.25, 0.3) is 11.8 Å². The van der Waals surface area contributed by atoms with Gasteiger partial charge in [-0.15, -0.1) is 0 Å². The number of carbonyl (C=O) groups is 2. The Morgan fingerprint density at radius 1 is 0.800 bits per heavy atom. The van der Waals surface area contributed by atoms with Crippen LogP contribution in [0.1, 0.15) is 12.5 Å². The number of nitrogens with zero attached hydrogens (tertiary/aromatic N) is 2. The van der Waals surface area contributed by atoms with Gasteiger partial charge in [-0.3, -0.25) is 9.59 Å². The molecular weight excluding hydrogens is 376 g/mol. The molecule has 3 aromatic rings. The van der Waals surface area contributed by atoms with Crippen LogP contribution in [0, 0.1) is 0 Å². The van der Waals surface area contributed by atoms with Crippen molar-refractivity contribution in [2.45, 2.75) is 6.92 Å². The summed E-state index contributed by atoms with van der Waals surface area (Å²) in [7, 11) is 1.59. The molecule has 0 aromatic heterocycles. The van der Waals surface area contributed by atoms with Crippen LogP contribution in [0.25, 0.3) is 5.57 Å². The third kappa shape index (κ3) is 3.35. The quantitative estimate of drug-likeness (QED) is 0.574. The first-order chi connectivity index (χ1) is 14.7. The van der Waals surface area contributed by atoms with Crippen molar-refractivity contribution >= 4 is 28.8 Å². The van der Waals surface area contributed by atoms with Crippen molar-refractivity contribution in [1.29, 1.82) is 0 Å². The zero-order valence-electron chi connectivity index (χ0n) is 16.9. The SMILES string of the molecule is CCN(C1=C(c2ccc(OC)cc2)C(=O)N(c2ccccc2)C1=O)c1ccccc1. The highest BCUT2D eigenvalue weighted by Crippen LogP contribution is 2.36. The molecule has 0 N–H and O–H groups in total. The fourth-order valence-electron chi connectivity index (χ4n) is 3.68. The first-order valence-corrected chi connectivity index (χ1v) is 9.80. The van der Waals surface area contributed by atoms with Crippen LogP contribution in [0.3, 0.4) is 0 Å². The summed E-state index contributed by atoms with van der Waals surface area (Å²) in [6.45, 7) is 2.51. The summed E-state index contributed by atoms with van der Waals surface area (Å²) in [6.07, 6.45) is 0. The van der Waals surface area contributed by atoms with E-state index in [0.717, 1.165) is 5.69 Å². The van der Waals surface area contributed by atoms with E-state index in [1.54, 1.807) is 31.4 Å². The number of benzene rings is 3. The Balaban J connectivity index is 1.89. The standard InChI is InChI=1S/C25H22N2O3/c1-3-26(19-10-6-4-7-11-19)23-22(18-14-16-21(30-2)17-15-18)24(28)27(25(23)29)20-12-8-5-9-13-20/h4-17H,3H2,1-2H3. The van der Waals surface area contributed by atoms with Gasteiger partial charge < -0.3 is 9.64 Å². The lowest BCUT2D eigenvalue weighted by Gasteiger charge is -2.25. The molecule has 0 aliphatic carbocycles. The largest absolute Gasteiger partial charge is 0.497 e. The van der Waals surface area contributed by atoms with E-state index in [-0.39, 0.29) is 11.8 Å². The van der Waals surface area contributed by atoms with E-state index in [2.05, 4.69) is 0 Å². The molecule has 0 saturated carbocycles. The lowest BCUT2D eigenvalue weighted by molar-refractivity contribution is -0.120. The van der Waals surface area contributed by atoms with Gasteiger partial charge in [0.05, 0.1) is 18.4 Å². The van der Waals surface area contributed by atoms with E-state index in [9.17, 15) is 9.59 Å². The number of hydrogen-bond donors (Lipinski definition) is 0. The van der Waals surface area contributed by atoms with Crippen molar-refractivity contribution in [2.24, 2.45) is 0 Å². The second-order valence-electron chi connectivity index (χ2n) is 6.81. The Bertz CT molecular complexity index is 1090. The molecule has 0 fully saturated rings. The number of imide groups is 1. The number of carbonyl (C=O) groups excluding carboxylic acids is 2. The fourth-order valence-corrected chi connectivity index (χ4v) is 3.68. The molecular formula is C25H22N2O3. The lowest BCUT2D eigenvalue weighted by atomic mass is 10.0. The van der Waals surface area contributed by atoms with Gasteiger partial charge in [0.15, 0.2) is 0 Å². The van der Waals surface area contributed by atoms with Gasteiger partial charge >= 0.3 is 0 Å². The average molecular weight is 398 g/mol. The summed E-state index contributed by atoms with van der Waals surface area (Å²) in [5.74, 6) is 0.0245. The van der Waals surface area contributed by atoms with E-state index in [4.69, 9.17) is 4.74 Å². The first-order valence-electron chi connectivity index (χ1n) is 9.80. The van der Waals surface area contributed by atoms with Crippen molar-refractivity contribution in [1.82, 2.24) is 0 Å². The number of ether oxygens (including phenoxy) is 1. The minimum Gasteiger partial charge on any atom is -0.497 e. The molecule has 1 aliphatic rings. The van der Waals surface area contributed by atoms with Gasteiger partial charge in [-0.2, -0.15) is 0 Å². The summed E-state index contributed by atoms with van der Waals surface area (Å²) >= 11 is 0. The second kappa shape index (κ2) is 8.25. The summed E-state index contributed by atoms with van der Waals surface area (Å²) in [4.78, 5) is 30.2. The van der Waals surface area contributed by atoms with Crippen LogP contribution in [0.15, 0.2) is 90.6 Å². The lowest BCUT2D eigenvalue weighted by Crippen LogP contribution is -2.35. The van der Waals surface area contributed by atoms with E-state index in [1.165, 1.54) is 4.90 Å². The Morgan fingerprint density at radius 2 is 1.40 bits per heavy atom. The number of hydrogen-bond acceptors (Lipinski definition) is 4. The number of amides is 2. The summed E-state index contributed by atoms with van der Waals surface area (Å²) in [5.41, 5.74) is 2.85. The average Bonchev–Trinajstić information content (AvgIpc) is 3.06. The van der Waals surface area contributed by atoms with E-state index in [0.29, 0.717) is 34.8 Å². The summed E-state index contributed by atoms with van der Waals surface area (Å²) in [6, 6.07) is 25.9. The molecule has 0 unspecified atom stereocenters. The van der Waals surface area contributed by atoms with Crippen LogP contribution in [0.5, 0.6) is 5.75 Å². The van der Waals surface area contributed by atoms with E-state index in [1.807, 2.05) is 72.5 Å². The van der Waals surface area contributed by atoms with Gasteiger partial charge in [-0.25, -0.2) is 4.90 Å². The molecule has 1 heterocycles. The molecule has 0 saturated heterocycles. The molecule has 0 radical (unpaired) electrons. The molecule has 150 valence electrons. The van der Waals surface area contributed by atoms with Crippen molar-refractivity contribution in [3.05, 3.63) is 96.2 Å². The summed E-state index contributed by atoms with van der Waals surface area (Å²) in [5, 5.41) is 0. The number of para-hydroxylation sites is 2. The highest BCUT2D eigenvalue weighted by molar-refractivity contribution is 6.46. The molecule has 4 rings (SSSR count). The zero-order chi connectivity index (χ0) is 21.1. The van der Waals surface area contributed by atoms with Crippen molar-refractivity contribution < 1.29 is 14.3 Å². The fraction of sp³-hybridized carbons (Fsp3) is 0.120. The Hall–Kier alpha value is -3.86. The predicted molar refractivity (Wildman–Crippen MR) is 118 cm³/mol. The highest BCUT2D eigenvalue weighted by atomic mass is 16.5. The van der Waals surface area contributed by atoms with E-state index < -0.39 is 0 Å². The number of anilines is 2. The molecule has 1 aliphatic heterocycles. The summed E-state index contributed by atoms with van der Waals surface area (Å²) < 4.78 is 5.25. The molecule has 5 heteroatoms. The van der Waals surface area contributed by atoms with Crippen LogP contribution in [0.4, 0.5) is 11.4 Å². The predicted octanol–water partition coefficient (Wildman–Crippen LogP) is 4.51. The number of methoxy groups -OCH3 is 1. The van der Waals surface area contributed by atoms with Gasteiger partial charge in [0.1, 0.15) is 11.4 Å². The normalized spacial score (nSPS) is 13.7. The maximum atomic E-state index is 13.6. The third-order valence-electron chi connectivity index (χ3n) is 5.11. The van der Waals surface area contributed by atoms with Gasteiger partial charge in [0, 0.05) is 12.2 Å². The van der Waals surface area contributed by atoms with E-state index >= 15 is 0 Å². The van der Waals surface area contributed by atoms with Gasteiger partial charge in [-0.05, 0) is 48.9 Å². The van der Waals surface area contributed by atoms with Crippen LogP contribution >= 0.6 is 0 Å². The van der Waals surface area contributed by atoms with Gasteiger partial charge in [0.2, 0.25) is 0 Å². The molecule has 0 atom stereocenters. The van der Waals surface area contributed by atoms with Crippen LogP contribution in [-0.2, 0) is 9.59 Å². The molecule has 0 bridgehead atoms. The third-order valence-corrected chi connectivity index (χ3v) is 5.11. The molecule has 5 nitrogen and oxygen atoms in total. The maximum absolute atomic E-state index is 13.6. The minimum absolute atomic E-state index is 0.331.